The molecule has 1 unspecified atom stereocenters. The molecule has 1 fully saturated rings. The van der Waals surface area contributed by atoms with E-state index in [0.717, 1.165) is 28.9 Å². The minimum Gasteiger partial charge on any atom is -0.339 e. The van der Waals surface area contributed by atoms with E-state index in [1.54, 1.807) is 17.4 Å². The standard InChI is InChI=1S/C12H15BrN2OS/c13-11-5-9(8-17-11)1-2-12(16)15-4-3-10(6-14)7-15/h1-2,5,8,10H,3-4,6-7,14H2. The van der Waals surface area contributed by atoms with Gasteiger partial charge in [0.2, 0.25) is 5.91 Å². The quantitative estimate of drug-likeness (QED) is 0.870. The smallest absolute Gasteiger partial charge is 0.246 e. The number of nitrogens with zero attached hydrogens (tertiary/aromatic N) is 1. The van der Waals surface area contributed by atoms with Gasteiger partial charge in [-0.25, -0.2) is 0 Å². The van der Waals surface area contributed by atoms with Gasteiger partial charge in [-0.3, -0.25) is 4.79 Å². The highest BCUT2D eigenvalue weighted by Crippen LogP contribution is 2.22. The predicted molar refractivity (Wildman–Crippen MR) is 74.8 cm³/mol. The maximum absolute atomic E-state index is 11.9. The Morgan fingerprint density at radius 1 is 1.71 bits per heavy atom. The molecule has 0 spiro atoms. The van der Waals surface area contributed by atoms with E-state index in [1.807, 2.05) is 22.4 Å². The van der Waals surface area contributed by atoms with Gasteiger partial charge in [0.15, 0.2) is 0 Å². The van der Waals surface area contributed by atoms with Gasteiger partial charge < -0.3 is 10.6 Å². The van der Waals surface area contributed by atoms with Gasteiger partial charge in [-0.1, -0.05) is 0 Å². The van der Waals surface area contributed by atoms with E-state index in [4.69, 9.17) is 5.73 Å². The van der Waals surface area contributed by atoms with Gasteiger partial charge in [0.05, 0.1) is 3.79 Å². The van der Waals surface area contributed by atoms with Crippen LogP contribution in [-0.2, 0) is 4.79 Å². The summed E-state index contributed by atoms with van der Waals surface area (Å²) in [5, 5.41) is 2.01. The van der Waals surface area contributed by atoms with Crippen molar-refractivity contribution in [1.82, 2.24) is 4.90 Å². The summed E-state index contributed by atoms with van der Waals surface area (Å²) in [6, 6.07) is 2.00. The molecule has 3 nitrogen and oxygen atoms in total. The first kappa shape index (κ1) is 12.8. The first-order valence-electron chi connectivity index (χ1n) is 5.60. The van der Waals surface area contributed by atoms with Crippen LogP contribution in [0.3, 0.4) is 0 Å². The van der Waals surface area contributed by atoms with Gasteiger partial charge in [0, 0.05) is 19.2 Å². The van der Waals surface area contributed by atoms with E-state index in [0.29, 0.717) is 12.5 Å². The number of thiophene rings is 1. The maximum atomic E-state index is 11.9. The molecular formula is C12H15BrN2OS. The normalized spacial score (nSPS) is 20.4. The Balaban J connectivity index is 1.91. The molecule has 1 aliphatic heterocycles. The highest BCUT2D eigenvalue weighted by molar-refractivity contribution is 9.11. The molecule has 0 radical (unpaired) electrons. The molecule has 1 aromatic rings. The number of rotatable bonds is 3. The van der Waals surface area contributed by atoms with Crippen LogP contribution in [0, 0.1) is 5.92 Å². The first-order valence-corrected chi connectivity index (χ1v) is 7.27. The molecule has 5 heteroatoms. The van der Waals surface area contributed by atoms with Gasteiger partial charge in [-0.05, 0) is 57.9 Å². The number of halogens is 1. The lowest BCUT2D eigenvalue weighted by atomic mass is 10.1. The summed E-state index contributed by atoms with van der Waals surface area (Å²) in [5.41, 5.74) is 6.66. The van der Waals surface area contributed by atoms with Crippen molar-refractivity contribution in [2.45, 2.75) is 6.42 Å². The zero-order chi connectivity index (χ0) is 12.3. The van der Waals surface area contributed by atoms with Crippen molar-refractivity contribution in [3.8, 4) is 0 Å². The van der Waals surface area contributed by atoms with Crippen LogP contribution in [0.25, 0.3) is 6.08 Å². The van der Waals surface area contributed by atoms with Gasteiger partial charge in [-0.2, -0.15) is 0 Å². The number of hydrogen-bond acceptors (Lipinski definition) is 3. The second-order valence-electron chi connectivity index (χ2n) is 4.19. The summed E-state index contributed by atoms with van der Waals surface area (Å²) in [6.07, 6.45) is 4.53. The molecule has 1 aromatic heterocycles. The molecule has 1 amide bonds. The van der Waals surface area contributed by atoms with E-state index in [-0.39, 0.29) is 5.91 Å². The average Bonchev–Trinajstić information content (AvgIpc) is 2.94. The molecule has 0 saturated carbocycles. The second-order valence-corrected chi connectivity index (χ2v) is 6.48. The Kier molecular flexibility index (Phi) is 4.36. The molecule has 0 aromatic carbocycles. The molecular weight excluding hydrogens is 300 g/mol. The molecule has 1 aliphatic rings. The largest absolute Gasteiger partial charge is 0.339 e. The Hall–Kier alpha value is -0.650. The summed E-state index contributed by atoms with van der Waals surface area (Å²) in [6.45, 7) is 2.30. The molecule has 2 N–H and O–H groups in total. The van der Waals surface area contributed by atoms with Gasteiger partial charge >= 0.3 is 0 Å². The van der Waals surface area contributed by atoms with Crippen LogP contribution >= 0.6 is 27.3 Å². The van der Waals surface area contributed by atoms with Crippen molar-refractivity contribution in [2.75, 3.05) is 19.6 Å². The average molecular weight is 315 g/mol. The SMILES string of the molecule is NCC1CCN(C(=O)C=Cc2csc(Br)c2)C1. The number of carbonyl (C=O) groups excluding carboxylic acids is 1. The van der Waals surface area contributed by atoms with Crippen LogP contribution in [0.2, 0.25) is 0 Å². The van der Waals surface area contributed by atoms with E-state index in [2.05, 4.69) is 15.9 Å². The summed E-state index contributed by atoms with van der Waals surface area (Å²) in [5.74, 6) is 0.561. The third-order valence-corrected chi connectivity index (χ3v) is 4.46. The second kappa shape index (κ2) is 5.80. The molecule has 17 heavy (non-hydrogen) atoms. The highest BCUT2D eigenvalue weighted by atomic mass is 79.9. The molecule has 2 rings (SSSR count). The Morgan fingerprint density at radius 3 is 3.12 bits per heavy atom. The van der Waals surface area contributed by atoms with Crippen molar-refractivity contribution in [3.05, 3.63) is 26.9 Å². The molecule has 1 atom stereocenters. The Labute approximate surface area is 113 Å². The maximum Gasteiger partial charge on any atom is 0.246 e. The van der Waals surface area contributed by atoms with Crippen molar-refractivity contribution in [2.24, 2.45) is 11.7 Å². The van der Waals surface area contributed by atoms with Crippen LogP contribution in [-0.4, -0.2) is 30.4 Å². The monoisotopic (exact) mass is 314 g/mol. The van der Waals surface area contributed by atoms with E-state index in [1.165, 1.54) is 0 Å². The summed E-state index contributed by atoms with van der Waals surface area (Å²) in [4.78, 5) is 13.7. The molecule has 92 valence electrons. The fourth-order valence-electron chi connectivity index (χ4n) is 1.91. The van der Waals surface area contributed by atoms with Crippen LogP contribution < -0.4 is 5.73 Å². The van der Waals surface area contributed by atoms with Crippen LogP contribution in [0.5, 0.6) is 0 Å². The third-order valence-electron chi connectivity index (χ3n) is 2.94. The lowest BCUT2D eigenvalue weighted by Gasteiger charge is -2.13. The summed E-state index contributed by atoms with van der Waals surface area (Å²) < 4.78 is 1.08. The zero-order valence-corrected chi connectivity index (χ0v) is 11.8. The first-order chi connectivity index (χ1) is 8.19. The summed E-state index contributed by atoms with van der Waals surface area (Å²) in [7, 11) is 0. The fraction of sp³-hybridized carbons (Fsp3) is 0.417. The predicted octanol–water partition coefficient (Wildman–Crippen LogP) is 2.33. The minimum atomic E-state index is 0.0864. The number of carbonyl (C=O) groups is 1. The minimum absolute atomic E-state index is 0.0864. The number of likely N-dealkylation sites (tertiary alicyclic amines) is 1. The fourth-order valence-corrected chi connectivity index (χ4v) is 3.05. The van der Waals surface area contributed by atoms with Crippen LogP contribution in [0.15, 0.2) is 21.3 Å². The van der Waals surface area contributed by atoms with E-state index in [9.17, 15) is 4.79 Å². The third kappa shape index (κ3) is 3.40. The summed E-state index contributed by atoms with van der Waals surface area (Å²) >= 11 is 5.01. The lowest BCUT2D eigenvalue weighted by molar-refractivity contribution is -0.125. The van der Waals surface area contributed by atoms with Crippen LogP contribution in [0.1, 0.15) is 12.0 Å². The number of nitrogens with two attached hydrogens (primary N) is 1. The van der Waals surface area contributed by atoms with Crippen molar-refractivity contribution in [1.29, 1.82) is 0 Å². The van der Waals surface area contributed by atoms with Crippen molar-refractivity contribution < 1.29 is 4.79 Å². The van der Waals surface area contributed by atoms with E-state index < -0.39 is 0 Å². The van der Waals surface area contributed by atoms with E-state index >= 15 is 0 Å². The molecule has 0 aliphatic carbocycles. The lowest BCUT2D eigenvalue weighted by Crippen LogP contribution is -2.28. The highest BCUT2D eigenvalue weighted by Gasteiger charge is 2.23. The zero-order valence-electron chi connectivity index (χ0n) is 9.43. The number of hydrogen-bond donors (Lipinski definition) is 1. The molecule has 1 saturated heterocycles. The van der Waals surface area contributed by atoms with Crippen molar-refractivity contribution in [3.63, 3.8) is 0 Å². The molecule has 2 heterocycles. The number of amides is 1. The van der Waals surface area contributed by atoms with Gasteiger partial charge in [-0.15, -0.1) is 11.3 Å². The van der Waals surface area contributed by atoms with Crippen molar-refractivity contribution >= 4 is 39.2 Å². The van der Waals surface area contributed by atoms with Gasteiger partial charge in [0.25, 0.3) is 0 Å². The Morgan fingerprint density at radius 2 is 2.53 bits per heavy atom. The van der Waals surface area contributed by atoms with Gasteiger partial charge in [0.1, 0.15) is 0 Å². The molecule has 0 bridgehead atoms. The topological polar surface area (TPSA) is 46.3 Å². The Bertz CT molecular complexity index is 430. The van der Waals surface area contributed by atoms with Crippen LogP contribution in [0.4, 0.5) is 0 Å².